The van der Waals surface area contributed by atoms with Gasteiger partial charge in [-0.05, 0) is 0 Å². The number of aliphatic hydroxyl groups excluding tert-OH is 8. The summed E-state index contributed by atoms with van der Waals surface area (Å²) in [5, 5.41) is 77.3. The van der Waals surface area contributed by atoms with Crippen LogP contribution in [0.4, 0.5) is 0 Å². The fourth-order valence-corrected chi connectivity index (χ4v) is 2.67. The lowest BCUT2D eigenvalue weighted by Gasteiger charge is -2.55. The van der Waals surface area contributed by atoms with Gasteiger partial charge in [-0.15, -0.1) is 0 Å². The van der Waals surface area contributed by atoms with Gasteiger partial charge in [0.15, 0.2) is 0 Å². The quantitative estimate of drug-likeness (QED) is 0.245. The molecule has 21 heavy (non-hydrogen) atoms. The number of aliphatic hydroxyl groups is 8. The molecule has 2 rings (SSSR count). The van der Waals surface area contributed by atoms with Crippen molar-refractivity contribution in [1.82, 2.24) is 0 Å². The second kappa shape index (κ2) is 6.01. The van der Waals surface area contributed by atoms with Gasteiger partial charge in [0.25, 0.3) is 0 Å². The van der Waals surface area contributed by atoms with E-state index in [1.54, 1.807) is 0 Å². The maximum Gasteiger partial charge on any atom is 0.227 e. The van der Waals surface area contributed by atoms with E-state index in [0.29, 0.717) is 0 Å². The molecule has 8 N–H and O–H groups in total. The molecule has 8 atom stereocenters. The lowest BCUT2D eigenvalue weighted by Crippen LogP contribution is -2.77. The van der Waals surface area contributed by atoms with Crippen LogP contribution in [0.15, 0.2) is 0 Å². The average molecular weight is 312 g/mol. The Labute approximate surface area is 119 Å². The van der Waals surface area contributed by atoms with Gasteiger partial charge in [0.2, 0.25) is 5.79 Å². The lowest BCUT2D eigenvalue weighted by atomic mass is 9.83. The maximum atomic E-state index is 10.0. The zero-order valence-corrected chi connectivity index (χ0v) is 10.9. The zero-order valence-electron chi connectivity index (χ0n) is 10.9. The summed E-state index contributed by atoms with van der Waals surface area (Å²) in [6.45, 7) is -1.52. The molecule has 10 nitrogen and oxygen atoms in total. The molecule has 8 unspecified atom stereocenters. The third-order valence-electron chi connectivity index (χ3n) is 3.96. The summed E-state index contributed by atoms with van der Waals surface area (Å²) in [5.74, 6) is -2.40. The van der Waals surface area contributed by atoms with Crippen molar-refractivity contribution in [3.05, 3.63) is 0 Å². The third kappa shape index (κ3) is 2.47. The smallest absolute Gasteiger partial charge is 0.227 e. The van der Waals surface area contributed by atoms with E-state index in [1.807, 2.05) is 0 Å². The summed E-state index contributed by atoms with van der Waals surface area (Å²) in [6.07, 6.45) is -13.8. The molecule has 0 aromatic rings. The first-order chi connectivity index (χ1) is 9.80. The molecule has 0 aromatic carbocycles. The summed E-state index contributed by atoms with van der Waals surface area (Å²) in [5.41, 5.74) is 0. The molecule has 2 heterocycles. The highest BCUT2D eigenvalue weighted by Gasteiger charge is 2.64. The van der Waals surface area contributed by atoms with E-state index in [9.17, 15) is 30.6 Å². The van der Waals surface area contributed by atoms with Gasteiger partial charge in [0.1, 0.15) is 48.8 Å². The maximum absolute atomic E-state index is 10.0. The van der Waals surface area contributed by atoms with Crippen molar-refractivity contribution in [1.29, 1.82) is 0 Å². The summed E-state index contributed by atoms with van der Waals surface area (Å²) in [4.78, 5) is 0. The first kappa shape index (κ1) is 17.0. The molecule has 10 heteroatoms. The van der Waals surface area contributed by atoms with Gasteiger partial charge in [0, 0.05) is 0 Å². The van der Waals surface area contributed by atoms with Gasteiger partial charge >= 0.3 is 0 Å². The molecule has 2 saturated heterocycles. The summed E-state index contributed by atoms with van der Waals surface area (Å²) >= 11 is 0. The molecule has 0 radical (unpaired) electrons. The number of hydrogen-bond acceptors (Lipinski definition) is 10. The van der Waals surface area contributed by atoms with Crippen LogP contribution in [-0.2, 0) is 9.47 Å². The van der Waals surface area contributed by atoms with Crippen molar-refractivity contribution in [3.8, 4) is 0 Å². The van der Waals surface area contributed by atoms with Crippen LogP contribution >= 0.6 is 0 Å². The second-order valence-electron chi connectivity index (χ2n) is 5.25. The molecule has 2 fully saturated rings. The zero-order chi connectivity index (χ0) is 15.9. The third-order valence-corrected chi connectivity index (χ3v) is 3.96. The topological polar surface area (TPSA) is 180 Å². The van der Waals surface area contributed by atoms with Gasteiger partial charge in [-0.2, -0.15) is 0 Å². The van der Waals surface area contributed by atoms with Gasteiger partial charge in [0.05, 0.1) is 13.2 Å². The van der Waals surface area contributed by atoms with E-state index >= 15 is 0 Å². The monoisotopic (exact) mass is 312 g/mol. The van der Waals surface area contributed by atoms with E-state index in [4.69, 9.17) is 19.7 Å². The molecule has 0 aromatic heterocycles. The summed E-state index contributed by atoms with van der Waals surface area (Å²) in [6, 6.07) is 0. The molecular weight excluding hydrogens is 292 g/mol. The highest BCUT2D eigenvalue weighted by Crippen LogP contribution is 2.40. The molecular formula is C11H20O10. The van der Waals surface area contributed by atoms with Crippen LogP contribution in [0.2, 0.25) is 0 Å². The fraction of sp³-hybridized carbons (Fsp3) is 1.00. The highest BCUT2D eigenvalue weighted by molar-refractivity contribution is 5.07. The van der Waals surface area contributed by atoms with Crippen molar-refractivity contribution in [2.45, 2.75) is 54.6 Å². The lowest BCUT2D eigenvalue weighted by molar-refractivity contribution is -0.433. The predicted molar refractivity (Wildman–Crippen MR) is 62.7 cm³/mol. The van der Waals surface area contributed by atoms with Crippen LogP contribution in [-0.4, -0.2) is 109 Å². The minimum atomic E-state index is -2.40. The van der Waals surface area contributed by atoms with Gasteiger partial charge in [-0.3, -0.25) is 0 Å². The molecule has 0 amide bonds. The minimum Gasteiger partial charge on any atom is -0.394 e. The van der Waals surface area contributed by atoms with Crippen LogP contribution in [0.5, 0.6) is 0 Å². The van der Waals surface area contributed by atoms with Crippen LogP contribution in [0.25, 0.3) is 0 Å². The van der Waals surface area contributed by atoms with E-state index in [-0.39, 0.29) is 0 Å². The van der Waals surface area contributed by atoms with E-state index in [0.717, 1.165) is 0 Å². The first-order valence-electron chi connectivity index (χ1n) is 6.46. The number of rotatable bonds is 2. The van der Waals surface area contributed by atoms with Crippen molar-refractivity contribution < 1.29 is 50.3 Å². The van der Waals surface area contributed by atoms with E-state index < -0.39 is 67.8 Å². The van der Waals surface area contributed by atoms with E-state index in [2.05, 4.69) is 0 Å². The normalized spacial score (nSPS) is 54.9. The minimum absolute atomic E-state index is 0.759. The van der Waals surface area contributed by atoms with Gasteiger partial charge < -0.3 is 50.3 Å². The van der Waals surface area contributed by atoms with Gasteiger partial charge in [-0.1, -0.05) is 0 Å². The summed E-state index contributed by atoms with van der Waals surface area (Å²) in [7, 11) is 0. The number of hydrogen-bond donors (Lipinski definition) is 8. The van der Waals surface area contributed by atoms with Crippen molar-refractivity contribution in [2.75, 3.05) is 13.2 Å². The Bertz CT molecular complexity index is 327. The molecule has 2 aliphatic rings. The van der Waals surface area contributed by atoms with E-state index in [1.165, 1.54) is 0 Å². The van der Waals surface area contributed by atoms with Crippen LogP contribution in [0.3, 0.4) is 0 Å². The Hall–Kier alpha value is -0.400. The predicted octanol–water partition coefficient (Wildman–Crippen LogP) is -5.37. The van der Waals surface area contributed by atoms with Gasteiger partial charge in [-0.25, -0.2) is 0 Å². The van der Waals surface area contributed by atoms with Crippen LogP contribution < -0.4 is 0 Å². The second-order valence-corrected chi connectivity index (χ2v) is 5.25. The molecule has 0 bridgehead atoms. The van der Waals surface area contributed by atoms with Crippen molar-refractivity contribution in [3.63, 3.8) is 0 Å². The SMILES string of the molecule is OCC1OC2(OC(CO)C(O)C(O)C2O)C(O)C(O)C1O. The van der Waals surface area contributed by atoms with Crippen molar-refractivity contribution in [2.24, 2.45) is 0 Å². The standard InChI is InChI=1S/C11H20O10/c12-1-3-5(14)7(16)9(18)11(20-3)10(19)8(17)6(15)4(2-13)21-11/h3-10,12-19H,1-2H2. The molecule has 2 aliphatic heterocycles. The Morgan fingerprint density at radius 2 is 0.952 bits per heavy atom. The van der Waals surface area contributed by atoms with Crippen LogP contribution in [0, 0.1) is 0 Å². The fourth-order valence-electron chi connectivity index (χ4n) is 2.67. The first-order valence-corrected chi connectivity index (χ1v) is 6.46. The molecule has 0 aliphatic carbocycles. The molecule has 1 spiro atoms. The molecule has 0 saturated carbocycles. The largest absolute Gasteiger partial charge is 0.394 e. The summed E-state index contributed by atoms with van der Waals surface area (Å²) < 4.78 is 10.3. The molecule has 124 valence electrons. The average Bonchev–Trinajstić information content (AvgIpc) is 2.49. The number of ether oxygens (including phenoxy) is 2. The Morgan fingerprint density at radius 3 is 1.24 bits per heavy atom. The van der Waals surface area contributed by atoms with Crippen LogP contribution in [0.1, 0.15) is 0 Å². The highest BCUT2D eigenvalue weighted by atomic mass is 16.7. The Morgan fingerprint density at radius 1 is 0.619 bits per heavy atom. The Balaban J connectivity index is 2.37. The van der Waals surface area contributed by atoms with Crippen molar-refractivity contribution >= 4 is 0 Å². The Kier molecular flexibility index (Phi) is 4.85.